The van der Waals surface area contributed by atoms with Crippen molar-refractivity contribution >= 4 is 71.6 Å². The molecule has 0 saturated carbocycles. The first-order valence-electron chi connectivity index (χ1n) is 23.4. The van der Waals surface area contributed by atoms with Gasteiger partial charge in [-0.3, -0.25) is 0 Å². The molecule has 3 nitrogen and oxygen atoms in total. The summed E-state index contributed by atoms with van der Waals surface area (Å²) in [6.45, 7) is 0. The molecule has 2 aromatic heterocycles. The van der Waals surface area contributed by atoms with E-state index in [1.54, 1.807) is 0 Å². The smallest absolute Gasteiger partial charge is 0.135 e. The molecule has 68 heavy (non-hydrogen) atoms. The molecule has 11 aromatic carbocycles. The second-order valence-corrected chi connectivity index (χ2v) is 18.0. The molecule has 13 aromatic rings. The Bertz CT molecular complexity index is 4040. The summed E-state index contributed by atoms with van der Waals surface area (Å²) in [7, 11) is 0. The topological polar surface area (TPSA) is 21.3 Å². The normalized spacial score (nSPS) is 12.8. The van der Waals surface area contributed by atoms with Crippen LogP contribution in [0.1, 0.15) is 22.3 Å². The van der Waals surface area contributed by atoms with Crippen LogP contribution < -0.4 is 4.90 Å². The predicted octanol–water partition coefficient (Wildman–Crippen LogP) is 17.3. The van der Waals surface area contributed by atoms with E-state index in [2.05, 4.69) is 258 Å². The van der Waals surface area contributed by atoms with Crippen molar-refractivity contribution in [1.82, 2.24) is 4.57 Å². The van der Waals surface area contributed by atoms with Gasteiger partial charge in [0, 0.05) is 44.0 Å². The molecule has 2 heterocycles. The Morgan fingerprint density at radius 1 is 0.353 bits per heavy atom. The van der Waals surface area contributed by atoms with E-state index in [1.807, 2.05) is 6.07 Å². The zero-order chi connectivity index (χ0) is 44.8. The predicted molar refractivity (Wildman–Crippen MR) is 283 cm³/mol. The van der Waals surface area contributed by atoms with Gasteiger partial charge < -0.3 is 13.9 Å². The maximum absolute atomic E-state index is 6.30. The van der Waals surface area contributed by atoms with Crippen LogP contribution in [-0.4, -0.2) is 4.57 Å². The number of para-hydroxylation sites is 4. The van der Waals surface area contributed by atoms with Crippen LogP contribution >= 0.6 is 0 Å². The number of benzene rings is 11. The minimum absolute atomic E-state index is 0.663. The fourth-order valence-electron chi connectivity index (χ4n) is 11.6. The minimum Gasteiger partial charge on any atom is -0.456 e. The number of anilines is 3. The third kappa shape index (κ3) is 5.60. The molecule has 0 N–H and O–H groups in total. The van der Waals surface area contributed by atoms with E-state index in [4.69, 9.17) is 4.42 Å². The summed E-state index contributed by atoms with van der Waals surface area (Å²) in [4.78, 5) is 2.48. The highest BCUT2D eigenvalue weighted by Gasteiger charge is 2.47. The summed E-state index contributed by atoms with van der Waals surface area (Å²) < 4.78 is 8.69. The van der Waals surface area contributed by atoms with Gasteiger partial charge in [-0.05, 0) is 129 Å². The largest absolute Gasteiger partial charge is 0.456 e. The summed E-state index contributed by atoms with van der Waals surface area (Å²) in [5.74, 6) is 0. The van der Waals surface area contributed by atoms with E-state index in [0.717, 1.165) is 50.3 Å². The Labute approximate surface area is 394 Å². The van der Waals surface area contributed by atoms with Crippen molar-refractivity contribution < 1.29 is 4.42 Å². The standard InChI is InChI=1S/C65H42N2O/c1-5-19-45(20-6-1)65(46-21-7-2-8-22-46)57-40-44(43-34-38-63-56(39-43)52-29-16-18-32-62(52)68-63)33-36-54(57)64-53-30-14-13-27-50(53)61(42-58(64)65)66(47-23-9-3-10-24-47)49-35-37-60-55(41-49)51-28-15-17-31-59(51)67(60)48-25-11-4-12-26-48/h1-42H. The third-order valence-corrected chi connectivity index (χ3v) is 14.4. The fourth-order valence-corrected chi connectivity index (χ4v) is 11.6. The molecule has 0 amide bonds. The van der Waals surface area contributed by atoms with Gasteiger partial charge in [0.25, 0.3) is 0 Å². The van der Waals surface area contributed by atoms with Crippen LogP contribution in [-0.2, 0) is 5.41 Å². The highest BCUT2D eigenvalue weighted by atomic mass is 16.3. The van der Waals surface area contributed by atoms with E-state index in [0.29, 0.717) is 0 Å². The molecule has 0 bridgehead atoms. The highest BCUT2D eigenvalue weighted by molar-refractivity contribution is 6.14. The lowest BCUT2D eigenvalue weighted by molar-refractivity contribution is 0.669. The average Bonchev–Trinajstić information content (AvgIpc) is 4.05. The molecule has 3 heteroatoms. The van der Waals surface area contributed by atoms with E-state index in [-0.39, 0.29) is 0 Å². The van der Waals surface area contributed by atoms with Crippen LogP contribution in [0.2, 0.25) is 0 Å². The summed E-state index contributed by atoms with van der Waals surface area (Å²) >= 11 is 0. The number of aromatic nitrogens is 1. The molecule has 0 unspecified atom stereocenters. The highest BCUT2D eigenvalue weighted by Crippen LogP contribution is 2.60. The van der Waals surface area contributed by atoms with Gasteiger partial charge in [0.15, 0.2) is 0 Å². The molecule has 0 saturated heterocycles. The van der Waals surface area contributed by atoms with Crippen LogP contribution in [0.3, 0.4) is 0 Å². The summed E-state index contributed by atoms with van der Waals surface area (Å²) in [6.07, 6.45) is 0. The molecule has 0 fully saturated rings. The fraction of sp³-hybridized carbons (Fsp3) is 0.0154. The van der Waals surface area contributed by atoms with Gasteiger partial charge in [0.2, 0.25) is 0 Å². The number of hydrogen-bond donors (Lipinski definition) is 0. The molecular weight excluding hydrogens is 825 g/mol. The van der Waals surface area contributed by atoms with Crippen molar-refractivity contribution in [3.05, 3.63) is 277 Å². The number of fused-ring (bicyclic) bond motifs is 11. The van der Waals surface area contributed by atoms with Crippen LogP contribution in [0, 0.1) is 0 Å². The molecule has 0 aliphatic heterocycles. The Morgan fingerprint density at radius 3 is 1.68 bits per heavy atom. The van der Waals surface area contributed by atoms with Gasteiger partial charge in [0.05, 0.1) is 22.1 Å². The molecule has 0 radical (unpaired) electrons. The number of furan rings is 1. The van der Waals surface area contributed by atoms with Crippen LogP contribution in [0.5, 0.6) is 0 Å². The van der Waals surface area contributed by atoms with Gasteiger partial charge >= 0.3 is 0 Å². The third-order valence-electron chi connectivity index (χ3n) is 14.4. The minimum atomic E-state index is -0.663. The molecular formula is C65H42N2O. The Hall–Kier alpha value is -8.92. The first-order chi connectivity index (χ1) is 33.7. The van der Waals surface area contributed by atoms with Crippen LogP contribution in [0.25, 0.3) is 82.5 Å². The summed E-state index contributed by atoms with van der Waals surface area (Å²) in [5, 5.41) is 7.09. The summed E-state index contributed by atoms with van der Waals surface area (Å²) in [5.41, 5.74) is 17.8. The molecule has 0 spiro atoms. The van der Waals surface area contributed by atoms with Gasteiger partial charge in [0.1, 0.15) is 11.2 Å². The van der Waals surface area contributed by atoms with E-state index in [1.165, 1.54) is 71.5 Å². The Balaban J connectivity index is 1.06. The lowest BCUT2D eigenvalue weighted by Crippen LogP contribution is -2.29. The Morgan fingerprint density at radius 2 is 0.926 bits per heavy atom. The van der Waals surface area contributed by atoms with Crippen molar-refractivity contribution in [2.75, 3.05) is 4.90 Å². The maximum Gasteiger partial charge on any atom is 0.135 e. The van der Waals surface area contributed by atoms with Crippen molar-refractivity contribution in [1.29, 1.82) is 0 Å². The molecule has 1 aliphatic rings. The van der Waals surface area contributed by atoms with Crippen molar-refractivity contribution in [2.45, 2.75) is 5.41 Å². The quantitative estimate of drug-likeness (QED) is 0.159. The number of nitrogens with zero attached hydrogens (tertiary/aromatic N) is 2. The lowest BCUT2D eigenvalue weighted by atomic mass is 9.67. The SMILES string of the molecule is c1ccc(N(c2ccc3c(c2)c2ccccc2n3-c2ccccc2)c2cc3c(c4ccccc24)-c2ccc(-c4ccc5oc6ccccc6c5c4)cc2C3(c2ccccc2)c2ccccc2)cc1. The monoisotopic (exact) mass is 866 g/mol. The van der Waals surface area contributed by atoms with Crippen molar-refractivity contribution in [2.24, 2.45) is 0 Å². The van der Waals surface area contributed by atoms with Crippen molar-refractivity contribution in [3.63, 3.8) is 0 Å². The molecule has 1 aliphatic carbocycles. The second kappa shape index (κ2) is 15.1. The maximum atomic E-state index is 6.30. The van der Waals surface area contributed by atoms with E-state index in [9.17, 15) is 0 Å². The molecule has 14 rings (SSSR count). The van der Waals surface area contributed by atoms with E-state index < -0.39 is 5.41 Å². The van der Waals surface area contributed by atoms with Crippen LogP contribution in [0.4, 0.5) is 17.1 Å². The average molecular weight is 867 g/mol. The first-order valence-corrected chi connectivity index (χ1v) is 23.4. The van der Waals surface area contributed by atoms with Gasteiger partial charge in [-0.2, -0.15) is 0 Å². The van der Waals surface area contributed by atoms with Crippen LogP contribution in [0.15, 0.2) is 259 Å². The summed E-state index contributed by atoms with van der Waals surface area (Å²) in [6, 6.07) is 93.4. The zero-order valence-electron chi connectivity index (χ0n) is 37.1. The molecule has 318 valence electrons. The Kier molecular flexibility index (Phi) is 8.50. The van der Waals surface area contributed by atoms with Gasteiger partial charge in [-0.1, -0.05) is 176 Å². The number of rotatable bonds is 7. The second-order valence-electron chi connectivity index (χ2n) is 18.0. The van der Waals surface area contributed by atoms with Gasteiger partial charge in [-0.15, -0.1) is 0 Å². The first kappa shape index (κ1) is 38.4. The zero-order valence-corrected chi connectivity index (χ0v) is 37.1. The lowest BCUT2D eigenvalue weighted by Gasteiger charge is -2.35. The number of hydrogen-bond acceptors (Lipinski definition) is 2. The van der Waals surface area contributed by atoms with E-state index >= 15 is 0 Å². The molecule has 0 atom stereocenters. The van der Waals surface area contributed by atoms with Crippen molar-refractivity contribution in [3.8, 4) is 27.9 Å². The van der Waals surface area contributed by atoms with Gasteiger partial charge in [-0.25, -0.2) is 0 Å².